The SMILES string of the molecule is NNC(=O)c1coc(COc2cccc3cccnc23)c1. The van der Waals surface area contributed by atoms with Gasteiger partial charge in [0.1, 0.15) is 29.9 Å². The minimum Gasteiger partial charge on any atom is -0.483 e. The number of fused-ring (bicyclic) bond motifs is 1. The average Bonchev–Trinajstić information content (AvgIpc) is 3.01. The van der Waals surface area contributed by atoms with Crippen molar-refractivity contribution in [3.05, 3.63) is 60.2 Å². The first-order valence-electron chi connectivity index (χ1n) is 6.33. The second-order valence-electron chi connectivity index (χ2n) is 4.40. The zero-order valence-electron chi connectivity index (χ0n) is 11.1. The topological polar surface area (TPSA) is 90.4 Å². The Morgan fingerprint density at radius 3 is 3.05 bits per heavy atom. The van der Waals surface area contributed by atoms with E-state index < -0.39 is 5.91 Å². The number of rotatable bonds is 4. The molecule has 0 aliphatic rings. The van der Waals surface area contributed by atoms with Crippen molar-refractivity contribution in [2.24, 2.45) is 5.84 Å². The summed E-state index contributed by atoms with van der Waals surface area (Å²) in [6.45, 7) is 0.202. The molecule has 2 heterocycles. The van der Waals surface area contributed by atoms with Crippen molar-refractivity contribution in [1.82, 2.24) is 10.4 Å². The summed E-state index contributed by atoms with van der Waals surface area (Å²) in [5.41, 5.74) is 3.18. The van der Waals surface area contributed by atoms with Crippen LogP contribution in [-0.4, -0.2) is 10.9 Å². The summed E-state index contributed by atoms with van der Waals surface area (Å²) >= 11 is 0. The number of nitrogen functional groups attached to an aromatic ring is 1. The second kappa shape index (κ2) is 5.64. The molecule has 0 saturated carbocycles. The maximum absolute atomic E-state index is 11.3. The van der Waals surface area contributed by atoms with E-state index in [0.717, 1.165) is 10.9 Å². The van der Waals surface area contributed by atoms with Gasteiger partial charge < -0.3 is 9.15 Å². The molecule has 106 valence electrons. The lowest BCUT2D eigenvalue weighted by Crippen LogP contribution is -2.29. The van der Waals surface area contributed by atoms with E-state index in [1.807, 2.05) is 35.8 Å². The molecule has 0 bridgehead atoms. The number of amides is 1. The number of aromatic nitrogens is 1. The molecule has 21 heavy (non-hydrogen) atoms. The van der Waals surface area contributed by atoms with Gasteiger partial charge in [0.25, 0.3) is 5.91 Å². The number of ether oxygens (including phenoxy) is 1. The van der Waals surface area contributed by atoms with Crippen molar-refractivity contribution in [2.75, 3.05) is 0 Å². The van der Waals surface area contributed by atoms with Gasteiger partial charge >= 0.3 is 0 Å². The first kappa shape index (κ1) is 13.1. The largest absolute Gasteiger partial charge is 0.483 e. The van der Waals surface area contributed by atoms with Crippen molar-refractivity contribution in [1.29, 1.82) is 0 Å². The molecule has 2 aromatic heterocycles. The van der Waals surface area contributed by atoms with Crippen LogP contribution in [0, 0.1) is 0 Å². The molecule has 6 heteroatoms. The van der Waals surface area contributed by atoms with Crippen LogP contribution in [0.5, 0.6) is 5.75 Å². The molecule has 0 spiro atoms. The van der Waals surface area contributed by atoms with Gasteiger partial charge in [-0.05, 0) is 18.2 Å². The molecule has 0 fully saturated rings. The van der Waals surface area contributed by atoms with E-state index in [1.54, 1.807) is 12.3 Å². The lowest BCUT2D eigenvalue weighted by molar-refractivity contribution is 0.0953. The molecule has 0 atom stereocenters. The van der Waals surface area contributed by atoms with Gasteiger partial charge in [-0.1, -0.05) is 18.2 Å². The van der Waals surface area contributed by atoms with E-state index in [-0.39, 0.29) is 6.61 Å². The Morgan fingerprint density at radius 2 is 2.19 bits per heavy atom. The number of nitrogens with zero attached hydrogens (tertiary/aromatic N) is 1. The molecule has 0 unspecified atom stereocenters. The number of pyridine rings is 1. The number of carbonyl (C=O) groups is 1. The number of hydrazine groups is 1. The van der Waals surface area contributed by atoms with E-state index in [1.165, 1.54) is 6.26 Å². The summed E-state index contributed by atoms with van der Waals surface area (Å²) in [5.74, 6) is 5.84. The van der Waals surface area contributed by atoms with E-state index in [2.05, 4.69) is 4.98 Å². The molecule has 3 N–H and O–H groups in total. The quantitative estimate of drug-likeness (QED) is 0.434. The van der Waals surface area contributed by atoms with E-state index in [4.69, 9.17) is 15.0 Å². The summed E-state index contributed by atoms with van der Waals surface area (Å²) in [7, 11) is 0. The van der Waals surface area contributed by atoms with Crippen LogP contribution in [0.4, 0.5) is 0 Å². The summed E-state index contributed by atoms with van der Waals surface area (Å²) in [4.78, 5) is 15.6. The Labute approximate surface area is 120 Å². The summed E-state index contributed by atoms with van der Waals surface area (Å²) in [5, 5.41) is 0.998. The Balaban J connectivity index is 1.77. The maximum atomic E-state index is 11.3. The minimum atomic E-state index is -0.406. The van der Waals surface area contributed by atoms with Gasteiger partial charge in [0.2, 0.25) is 0 Å². The zero-order valence-corrected chi connectivity index (χ0v) is 11.1. The normalized spacial score (nSPS) is 10.5. The summed E-state index contributed by atoms with van der Waals surface area (Å²) < 4.78 is 11.0. The number of nitrogens with two attached hydrogens (primary N) is 1. The van der Waals surface area contributed by atoms with Crippen molar-refractivity contribution in [3.8, 4) is 5.75 Å². The maximum Gasteiger partial charge on any atom is 0.268 e. The second-order valence-corrected chi connectivity index (χ2v) is 4.40. The Kier molecular flexibility index (Phi) is 3.53. The fraction of sp³-hybridized carbons (Fsp3) is 0.0667. The minimum absolute atomic E-state index is 0.202. The third-order valence-corrected chi connectivity index (χ3v) is 3.01. The average molecular weight is 283 g/mol. The van der Waals surface area contributed by atoms with E-state index >= 15 is 0 Å². The van der Waals surface area contributed by atoms with Gasteiger partial charge in [-0.25, -0.2) is 5.84 Å². The molecule has 0 aliphatic heterocycles. The predicted octanol–water partition coefficient (Wildman–Crippen LogP) is 2.01. The van der Waals surface area contributed by atoms with Crippen LogP contribution < -0.4 is 16.0 Å². The van der Waals surface area contributed by atoms with Crippen molar-refractivity contribution in [3.63, 3.8) is 0 Å². The van der Waals surface area contributed by atoms with E-state index in [0.29, 0.717) is 17.1 Å². The third-order valence-electron chi connectivity index (χ3n) is 3.01. The van der Waals surface area contributed by atoms with Crippen LogP contribution in [0.25, 0.3) is 10.9 Å². The zero-order chi connectivity index (χ0) is 14.7. The molecule has 1 aromatic carbocycles. The molecule has 0 radical (unpaired) electrons. The van der Waals surface area contributed by atoms with Crippen LogP contribution in [-0.2, 0) is 6.61 Å². The van der Waals surface area contributed by atoms with Gasteiger partial charge in [0, 0.05) is 11.6 Å². The lowest BCUT2D eigenvalue weighted by Gasteiger charge is -2.06. The van der Waals surface area contributed by atoms with Crippen molar-refractivity contribution >= 4 is 16.8 Å². The Bertz CT molecular complexity index is 777. The highest BCUT2D eigenvalue weighted by Crippen LogP contribution is 2.24. The molecule has 0 saturated heterocycles. The van der Waals surface area contributed by atoms with Crippen LogP contribution in [0.3, 0.4) is 0 Å². The van der Waals surface area contributed by atoms with Gasteiger partial charge in [-0.3, -0.25) is 15.2 Å². The van der Waals surface area contributed by atoms with Crippen LogP contribution in [0.2, 0.25) is 0 Å². The predicted molar refractivity (Wildman–Crippen MR) is 76.4 cm³/mol. The molecule has 1 amide bonds. The number of nitrogens with one attached hydrogen (secondary N) is 1. The Morgan fingerprint density at radius 1 is 1.33 bits per heavy atom. The lowest BCUT2D eigenvalue weighted by atomic mass is 10.2. The van der Waals surface area contributed by atoms with Crippen molar-refractivity contribution < 1.29 is 13.9 Å². The standard InChI is InChI=1S/C15H13N3O3/c16-18-15(19)11-7-12(20-8-11)9-21-13-5-1-3-10-4-2-6-17-14(10)13/h1-8H,9,16H2,(H,18,19). The molecular weight excluding hydrogens is 270 g/mol. The molecule has 3 rings (SSSR count). The van der Waals surface area contributed by atoms with E-state index in [9.17, 15) is 4.79 Å². The molecule has 3 aromatic rings. The monoisotopic (exact) mass is 283 g/mol. The number of carbonyl (C=O) groups excluding carboxylic acids is 1. The summed E-state index contributed by atoms with van der Waals surface area (Å²) in [6, 6.07) is 11.1. The number of furan rings is 1. The highest BCUT2D eigenvalue weighted by molar-refractivity contribution is 5.93. The number of hydrogen-bond acceptors (Lipinski definition) is 5. The van der Waals surface area contributed by atoms with Gasteiger partial charge in [0.05, 0.1) is 5.56 Å². The fourth-order valence-electron chi connectivity index (χ4n) is 2.00. The third kappa shape index (κ3) is 2.70. The summed E-state index contributed by atoms with van der Waals surface area (Å²) in [6.07, 6.45) is 3.05. The van der Waals surface area contributed by atoms with Crippen LogP contribution >= 0.6 is 0 Å². The van der Waals surface area contributed by atoms with Gasteiger partial charge in [0.15, 0.2) is 0 Å². The smallest absolute Gasteiger partial charge is 0.268 e. The molecule has 6 nitrogen and oxygen atoms in total. The van der Waals surface area contributed by atoms with Gasteiger partial charge in [-0.2, -0.15) is 0 Å². The van der Waals surface area contributed by atoms with Crippen LogP contribution in [0.1, 0.15) is 16.1 Å². The number of para-hydroxylation sites is 1. The first-order chi connectivity index (χ1) is 10.3. The molecular formula is C15H13N3O3. The highest BCUT2D eigenvalue weighted by Gasteiger charge is 2.10. The molecule has 0 aliphatic carbocycles. The number of benzene rings is 1. The van der Waals surface area contributed by atoms with Crippen molar-refractivity contribution in [2.45, 2.75) is 6.61 Å². The van der Waals surface area contributed by atoms with Crippen LogP contribution in [0.15, 0.2) is 53.3 Å². The fourth-order valence-corrected chi connectivity index (χ4v) is 2.00. The highest BCUT2D eigenvalue weighted by atomic mass is 16.5. The number of hydrogen-bond donors (Lipinski definition) is 2. The first-order valence-corrected chi connectivity index (χ1v) is 6.33. The Hall–Kier alpha value is -2.86. The van der Waals surface area contributed by atoms with Gasteiger partial charge in [-0.15, -0.1) is 0 Å².